The summed E-state index contributed by atoms with van der Waals surface area (Å²) >= 11 is 3.03. The monoisotopic (exact) mass is 377 g/mol. The van der Waals surface area contributed by atoms with Crippen LogP contribution in [0.15, 0.2) is 60.0 Å². The molecule has 4 rings (SSSR count). The summed E-state index contributed by atoms with van der Waals surface area (Å²) in [5, 5.41) is 13.6. The van der Waals surface area contributed by atoms with E-state index in [2.05, 4.69) is 23.5 Å². The lowest BCUT2D eigenvalue weighted by molar-refractivity contribution is 0.103. The molecule has 4 nitrogen and oxygen atoms in total. The van der Waals surface area contributed by atoms with Crippen molar-refractivity contribution in [3.8, 4) is 10.4 Å². The van der Waals surface area contributed by atoms with Crippen LogP contribution in [0, 0.1) is 5.41 Å². The van der Waals surface area contributed by atoms with E-state index in [9.17, 15) is 4.79 Å². The normalized spacial score (nSPS) is 10.8. The Kier molecular flexibility index (Phi) is 4.28. The third kappa shape index (κ3) is 3.00. The van der Waals surface area contributed by atoms with Crippen LogP contribution < -0.4 is 11.1 Å². The van der Waals surface area contributed by atoms with Crippen molar-refractivity contribution >= 4 is 56.3 Å². The fourth-order valence-electron chi connectivity index (χ4n) is 2.79. The second-order valence-corrected chi connectivity index (χ2v) is 7.78. The van der Waals surface area contributed by atoms with Crippen LogP contribution in [0.25, 0.3) is 20.5 Å². The van der Waals surface area contributed by atoms with E-state index in [1.54, 1.807) is 23.5 Å². The first-order chi connectivity index (χ1) is 12.7. The van der Waals surface area contributed by atoms with Gasteiger partial charge in [-0.15, -0.1) is 22.7 Å². The topological polar surface area (TPSA) is 79.0 Å². The Bertz CT molecular complexity index is 1080. The first-order valence-corrected chi connectivity index (χ1v) is 9.63. The van der Waals surface area contributed by atoms with Crippen molar-refractivity contribution in [2.45, 2.75) is 0 Å². The molecule has 0 bridgehead atoms. The van der Waals surface area contributed by atoms with Crippen molar-refractivity contribution in [1.29, 1.82) is 5.41 Å². The van der Waals surface area contributed by atoms with E-state index in [1.807, 2.05) is 29.6 Å². The van der Waals surface area contributed by atoms with Crippen molar-refractivity contribution in [3.63, 3.8) is 0 Å². The van der Waals surface area contributed by atoms with Gasteiger partial charge in [-0.05, 0) is 41.1 Å². The molecule has 0 atom stereocenters. The zero-order chi connectivity index (χ0) is 18.1. The quantitative estimate of drug-likeness (QED) is 0.326. The van der Waals surface area contributed by atoms with Crippen molar-refractivity contribution < 1.29 is 4.79 Å². The van der Waals surface area contributed by atoms with Gasteiger partial charge in [-0.3, -0.25) is 4.79 Å². The SMILES string of the molecule is N=Cc1cc(NC(=O)c2cccs2)cc(-c2cc3ccccc3s2)c1N. The number of nitrogens with one attached hydrogen (secondary N) is 2. The first-order valence-electron chi connectivity index (χ1n) is 7.93. The molecule has 6 heteroatoms. The largest absolute Gasteiger partial charge is 0.398 e. The molecule has 128 valence electrons. The molecule has 2 aromatic heterocycles. The maximum Gasteiger partial charge on any atom is 0.265 e. The number of carbonyl (C=O) groups is 1. The predicted molar refractivity (Wildman–Crippen MR) is 112 cm³/mol. The van der Waals surface area contributed by atoms with Crippen LogP contribution in [0.5, 0.6) is 0 Å². The van der Waals surface area contributed by atoms with Crippen LogP contribution in [0.2, 0.25) is 0 Å². The van der Waals surface area contributed by atoms with Gasteiger partial charge in [0.25, 0.3) is 5.91 Å². The summed E-state index contributed by atoms with van der Waals surface area (Å²) < 4.78 is 1.17. The molecule has 0 spiro atoms. The number of carbonyl (C=O) groups excluding carboxylic acids is 1. The Balaban J connectivity index is 1.78. The molecular formula is C20H15N3OS2. The van der Waals surface area contributed by atoms with Gasteiger partial charge in [-0.1, -0.05) is 24.3 Å². The molecule has 0 aliphatic carbocycles. The van der Waals surface area contributed by atoms with Crippen LogP contribution in [0.4, 0.5) is 11.4 Å². The first kappa shape index (κ1) is 16.5. The molecule has 1 amide bonds. The van der Waals surface area contributed by atoms with E-state index in [-0.39, 0.29) is 5.91 Å². The van der Waals surface area contributed by atoms with E-state index in [0.29, 0.717) is 21.8 Å². The molecule has 0 unspecified atom stereocenters. The molecule has 2 aromatic carbocycles. The van der Waals surface area contributed by atoms with Crippen LogP contribution >= 0.6 is 22.7 Å². The number of nitrogens with two attached hydrogens (primary N) is 1. The molecule has 0 fully saturated rings. The van der Waals surface area contributed by atoms with E-state index >= 15 is 0 Å². The zero-order valence-electron chi connectivity index (χ0n) is 13.7. The number of anilines is 2. The third-order valence-corrected chi connectivity index (χ3v) is 6.08. The highest BCUT2D eigenvalue weighted by Gasteiger charge is 2.14. The molecule has 4 aromatic rings. The Morgan fingerprint density at radius 2 is 1.96 bits per heavy atom. The number of fused-ring (bicyclic) bond motifs is 1. The molecule has 0 aliphatic heterocycles. The highest BCUT2D eigenvalue weighted by Crippen LogP contribution is 2.39. The highest BCUT2D eigenvalue weighted by atomic mass is 32.1. The molecule has 0 saturated carbocycles. The number of benzene rings is 2. The maximum absolute atomic E-state index is 12.4. The van der Waals surface area contributed by atoms with Crippen molar-refractivity contribution in [2.24, 2.45) is 0 Å². The second-order valence-electron chi connectivity index (χ2n) is 5.75. The predicted octanol–water partition coefficient (Wildman–Crippen LogP) is 5.46. The summed E-state index contributed by atoms with van der Waals surface area (Å²) in [4.78, 5) is 14.0. The summed E-state index contributed by atoms with van der Waals surface area (Å²) in [7, 11) is 0. The van der Waals surface area contributed by atoms with E-state index < -0.39 is 0 Å². The van der Waals surface area contributed by atoms with Crippen LogP contribution in [0.1, 0.15) is 15.2 Å². The number of thiophene rings is 2. The average Bonchev–Trinajstić information content (AvgIpc) is 3.32. The lowest BCUT2D eigenvalue weighted by Gasteiger charge is -2.11. The molecule has 26 heavy (non-hydrogen) atoms. The van der Waals surface area contributed by atoms with Gasteiger partial charge in [0.15, 0.2) is 0 Å². The van der Waals surface area contributed by atoms with Crippen LogP contribution in [-0.4, -0.2) is 12.1 Å². The van der Waals surface area contributed by atoms with Gasteiger partial charge >= 0.3 is 0 Å². The molecule has 2 heterocycles. The molecule has 0 saturated heterocycles. The molecule has 4 N–H and O–H groups in total. The molecule has 0 radical (unpaired) electrons. The smallest absolute Gasteiger partial charge is 0.265 e. The molecule has 0 aliphatic rings. The fourth-order valence-corrected chi connectivity index (χ4v) is 4.50. The highest BCUT2D eigenvalue weighted by molar-refractivity contribution is 7.22. The minimum Gasteiger partial charge on any atom is -0.398 e. The van der Waals surface area contributed by atoms with Gasteiger partial charge in [0.1, 0.15) is 0 Å². The Labute approximate surface area is 158 Å². The number of nitrogen functional groups attached to an aromatic ring is 1. The maximum atomic E-state index is 12.4. The summed E-state index contributed by atoms with van der Waals surface area (Å²) in [5.41, 5.74) is 8.87. The number of hydrogen-bond acceptors (Lipinski definition) is 5. The Morgan fingerprint density at radius 3 is 2.69 bits per heavy atom. The van der Waals surface area contributed by atoms with E-state index in [4.69, 9.17) is 11.1 Å². The van der Waals surface area contributed by atoms with Gasteiger partial charge in [-0.25, -0.2) is 0 Å². The van der Waals surface area contributed by atoms with Gasteiger partial charge < -0.3 is 16.5 Å². The van der Waals surface area contributed by atoms with Crippen LogP contribution in [-0.2, 0) is 0 Å². The summed E-state index contributed by atoms with van der Waals surface area (Å²) in [6.07, 6.45) is 1.22. The van der Waals surface area contributed by atoms with Crippen LogP contribution in [0.3, 0.4) is 0 Å². The van der Waals surface area contributed by atoms with E-state index in [0.717, 1.165) is 15.8 Å². The second kappa shape index (κ2) is 6.74. The summed E-state index contributed by atoms with van der Waals surface area (Å²) in [5.74, 6) is -0.164. The fraction of sp³-hybridized carbons (Fsp3) is 0. The molecular weight excluding hydrogens is 362 g/mol. The number of hydrogen-bond donors (Lipinski definition) is 3. The standard InChI is InChI=1S/C20H15N3OS2/c21-11-13-8-14(23-20(24)17-6-3-7-25-17)10-15(19(13)22)18-9-12-4-1-2-5-16(12)26-18/h1-11,21H,22H2,(H,23,24). The lowest BCUT2D eigenvalue weighted by atomic mass is 10.0. The van der Waals surface area contributed by atoms with Crippen molar-refractivity contribution in [1.82, 2.24) is 0 Å². The Hall–Kier alpha value is -2.96. The number of amides is 1. The number of rotatable bonds is 4. The minimum absolute atomic E-state index is 0.164. The Morgan fingerprint density at radius 1 is 1.12 bits per heavy atom. The van der Waals surface area contributed by atoms with Gasteiger partial charge in [0.05, 0.1) is 4.88 Å². The lowest BCUT2D eigenvalue weighted by Crippen LogP contribution is -2.11. The zero-order valence-corrected chi connectivity index (χ0v) is 15.3. The van der Waals surface area contributed by atoms with Crippen molar-refractivity contribution in [2.75, 3.05) is 11.1 Å². The summed E-state index contributed by atoms with van der Waals surface area (Å²) in [6.45, 7) is 0. The third-order valence-electron chi connectivity index (χ3n) is 4.06. The minimum atomic E-state index is -0.164. The van der Waals surface area contributed by atoms with Gasteiger partial charge in [-0.2, -0.15) is 0 Å². The van der Waals surface area contributed by atoms with Gasteiger partial charge in [0.2, 0.25) is 0 Å². The van der Waals surface area contributed by atoms with E-state index in [1.165, 1.54) is 22.3 Å². The van der Waals surface area contributed by atoms with Crippen molar-refractivity contribution in [3.05, 3.63) is 70.4 Å². The summed E-state index contributed by atoms with van der Waals surface area (Å²) in [6, 6.07) is 17.4. The average molecular weight is 377 g/mol. The van der Waals surface area contributed by atoms with Gasteiger partial charge in [0, 0.05) is 38.3 Å².